The molecule has 3 rings (SSSR count). The van der Waals surface area contributed by atoms with Crippen LogP contribution >= 0.6 is 0 Å². The molecule has 0 aliphatic carbocycles. The van der Waals surface area contributed by atoms with Gasteiger partial charge in [-0.2, -0.15) is 13.2 Å². The fraction of sp³-hybridized carbons (Fsp3) is 0.400. The molecule has 2 heterocycles. The van der Waals surface area contributed by atoms with E-state index in [1.54, 1.807) is 36.4 Å². The van der Waals surface area contributed by atoms with E-state index in [1.807, 2.05) is 6.92 Å². The Balaban J connectivity index is 1.82. The van der Waals surface area contributed by atoms with Crippen molar-refractivity contribution in [1.82, 2.24) is 15.6 Å². The van der Waals surface area contributed by atoms with E-state index in [-0.39, 0.29) is 38.0 Å². The number of aromatic nitrogens is 1. The number of alkyl halides is 3. The maximum absolute atomic E-state index is 13.1. The first-order valence-electron chi connectivity index (χ1n) is 11.2. The summed E-state index contributed by atoms with van der Waals surface area (Å²) in [5.41, 5.74) is 2.23. The zero-order valence-electron chi connectivity index (χ0n) is 19.5. The summed E-state index contributed by atoms with van der Waals surface area (Å²) >= 11 is 0. The minimum absolute atomic E-state index is 0.0424. The van der Waals surface area contributed by atoms with Crippen molar-refractivity contribution in [2.24, 2.45) is 0 Å². The van der Waals surface area contributed by atoms with Crippen molar-refractivity contribution in [3.8, 4) is 5.75 Å². The molecule has 0 fully saturated rings. The molecule has 1 aromatic heterocycles. The van der Waals surface area contributed by atoms with Crippen LogP contribution in [-0.4, -0.2) is 41.2 Å². The number of amides is 2. The van der Waals surface area contributed by atoms with Gasteiger partial charge in [0.1, 0.15) is 5.75 Å². The average Bonchev–Trinajstić information content (AvgIpc) is 2.80. The largest absolute Gasteiger partial charge is 0.494 e. The lowest BCUT2D eigenvalue weighted by Crippen LogP contribution is -2.49. The Morgan fingerprint density at radius 2 is 1.94 bits per heavy atom. The van der Waals surface area contributed by atoms with Crippen molar-refractivity contribution >= 4 is 17.4 Å². The monoisotopic (exact) mass is 491 g/mol. The van der Waals surface area contributed by atoms with Gasteiger partial charge in [0.15, 0.2) is 0 Å². The van der Waals surface area contributed by atoms with Gasteiger partial charge in [-0.15, -0.1) is 0 Å². The van der Waals surface area contributed by atoms with Gasteiger partial charge in [-0.3, -0.25) is 14.6 Å². The van der Waals surface area contributed by atoms with Crippen molar-refractivity contribution in [1.29, 1.82) is 0 Å². The van der Waals surface area contributed by atoms with Crippen molar-refractivity contribution in [3.05, 3.63) is 65.0 Å². The molecular weight excluding hydrogens is 463 g/mol. The molecule has 0 saturated carbocycles. The van der Waals surface area contributed by atoms with E-state index in [4.69, 9.17) is 4.74 Å². The molecule has 10 heteroatoms. The van der Waals surface area contributed by atoms with Crippen molar-refractivity contribution in [2.45, 2.75) is 51.4 Å². The van der Waals surface area contributed by atoms with Crippen LogP contribution in [-0.2, 0) is 21.7 Å². The van der Waals surface area contributed by atoms with E-state index in [0.717, 1.165) is 5.56 Å². The first-order chi connectivity index (χ1) is 16.5. The molecule has 2 aromatic rings. The van der Waals surface area contributed by atoms with E-state index >= 15 is 0 Å². The predicted molar refractivity (Wildman–Crippen MR) is 123 cm³/mol. The highest BCUT2D eigenvalue weighted by atomic mass is 19.4. The number of carbonyl (C=O) groups excluding carboxylic acids is 2. The van der Waals surface area contributed by atoms with Crippen LogP contribution in [0.1, 0.15) is 49.9 Å². The molecule has 0 saturated heterocycles. The van der Waals surface area contributed by atoms with Crippen molar-refractivity contribution in [3.63, 3.8) is 0 Å². The van der Waals surface area contributed by atoms with Gasteiger partial charge in [-0.05, 0) is 48.2 Å². The van der Waals surface area contributed by atoms with E-state index in [2.05, 4.69) is 15.6 Å². The molecule has 2 amide bonds. The van der Waals surface area contributed by atoms with E-state index in [9.17, 15) is 27.9 Å². The molecule has 0 unspecified atom stereocenters. The maximum Gasteiger partial charge on any atom is 0.389 e. The quantitative estimate of drug-likeness (QED) is 0.466. The third kappa shape index (κ3) is 7.05. The highest BCUT2D eigenvalue weighted by Crippen LogP contribution is 2.38. The Bertz CT molecular complexity index is 1080. The smallest absolute Gasteiger partial charge is 0.389 e. The molecule has 188 valence electrons. The van der Waals surface area contributed by atoms with Crippen LogP contribution < -0.4 is 15.4 Å². The Labute approximate surface area is 201 Å². The van der Waals surface area contributed by atoms with Crippen LogP contribution in [0.2, 0.25) is 0 Å². The molecule has 0 bridgehead atoms. The minimum Gasteiger partial charge on any atom is -0.494 e. The highest BCUT2D eigenvalue weighted by Gasteiger charge is 2.37. The fourth-order valence-electron chi connectivity index (χ4n) is 3.86. The number of nitrogens with one attached hydrogen (secondary N) is 2. The number of halogens is 3. The Morgan fingerprint density at radius 1 is 1.23 bits per heavy atom. The number of aliphatic hydroxyl groups is 1. The van der Waals surface area contributed by atoms with Gasteiger partial charge < -0.3 is 20.5 Å². The highest BCUT2D eigenvalue weighted by molar-refractivity contribution is 6.04. The van der Waals surface area contributed by atoms with Crippen LogP contribution in [0.15, 0.2) is 48.2 Å². The Hall–Kier alpha value is -3.40. The number of rotatable bonds is 9. The van der Waals surface area contributed by atoms with Gasteiger partial charge >= 0.3 is 6.18 Å². The minimum atomic E-state index is -4.21. The zero-order valence-corrected chi connectivity index (χ0v) is 19.5. The number of nitrogens with zero attached hydrogens (tertiary/aromatic N) is 1. The predicted octanol–water partition coefficient (Wildman–Crippen LogP) is 3.62. The molecule has 1 aliphatic rings. The summed E-state index contributed by atoms with van der Waals surface area (Å²) in [6, 6.07) is 10.3. The van der Waals surface area contributed by atoms with E-state index in [1.165, 1.54) is 13.1 Å². The number of carbonyl (C=O) groups is 2. The molecule has 1 aromatic carbocycles. The average molecular weight is 492 g/mol. The summed E-state index contributed by atoms with van der Waals surface area (Å²) < 4.78 is 42.3. The molecule has 3 N–H and O–H groups in total. The molecular formula is C25H28F3N3O4. The van der Waals surface area contributed by atoms with Gasteiger partial charge in [0.05, 0.1) is 24.4 Å². The summed E-state index contributed by atoms with van der Waals surface area (Å²) in [5.74, 6) is -0.180. The first kappa shape index (κ1) is 26.2. The third-order valence-corrected chi connectivity index (χ3v) is 5.75. The lowest BCUT2D eigenvalue weighted by atomic mass is 9.79. The molecule has 7 nitrogen and oxygen atoms in total. The fourth-order valence-corrected chi connectivity index (χ4v) is 3.86. The molecule has 0 radical (unpaired) electrons. The van der Waals surface area contributed by atoms with Crippen LogP contribution in [0.4, 0.5) is 13.2 Å². The summed E-state index contributed by atoms with van der Waals surface area (Å²) in [4.78, 5) is 29.0. The summed E-state index contributed by atoms with van der Waals surface area (Å²) in [7, 11) is 0. The second-order valence-electron chi connectivity index (χ2n) is 8.63. The number of aliphatic hydroxyl groups excluding tert-OH is 1. The van der Waals surface area contributed by atoms with Crippen LogP contribution in [0.25, 0.3) is 5.57 Å². The normalized spacial score (nSPS) is 18.3. The number of hydrogen-bond acceptors (Lipinski definition) is 5. The van der Waals surface area contributed by atoms with Gasteiger partial charge in [0.2, 0.25) is 11.8 Å². The SMILES string of the molecule is CC(=O)NCC1=C(c2ccc(CO)cn2)C[C@@](C)(c2ccc(OCCCC(F)(F)F)cc2)NC1=O. The molecule has 1 aliphatic heterocycles. The van der Waals surface area contributed by atoms with Gasteiger partial charge in [-0.25, -0.2) is 0 Å². The van der Waals surface area contributed by atoms with Gasteiger partial charge in [-0.1, -0.05) is 18.2 Å². The van der Waals surface area contributed by atoms with Gasteiger partial charge in [0, 0.05) is 38.1 Å². The number of benzene rings is 1. The van der Waals surface area contributed by atoms with Crippen LogP contribution in [0, 0.1) is 0 Å². The van der Waals surface area contributed by atoms with Crippen molar-refractivity contribution in [2.75, 3.05) is 13.2 Å². The summed E-state index contributed by atoms with van der Waals surface area (Å²) in [6.07, 6.45) is -3.33. The number of ether oxygens (including phenoxy) is 1. The zero-order chi connectivity index (χ0) is 25.6. The van der Waals surface area contributed by atoms with Crippen LogP contribution in [0.3, 0.4) is 0 Å². The topological polar surface area (TPSA) is 101 Å². The van der Waals surface area contributed by atoms with Crippen LogP contribution in [0.5, 0.6) is 5.75 Å². The second kappa shape index (κ2) is 10.9. The lowest BCUT2D eigenvalue weighted by molar-refractivity contribution is -0.136. The molecule has 35 heavy (non-hydrogen) atoms. The number of hydrogen-bond donors (Lipinski definition) is 3. The van der Waals surface area contributed by atoms with Crippen molar-refractivity contribution < 1.29 is 32.6 Å². The molecule has 1 atom stereocenters. The summed E-state index contributed by atoms with van der Waals surface area (Å²) in [6.45, 7) is 3.06. The second-order valence-corrected chi connectivity index (χ2v) is 8.63. The number of pyridine rings is 1. The third-order valence-electron chi connectivity index (χ3n) is 5.75. The first-order valence-corrected chi connectivity index (χ1v) is 11.2. The van der Waals surface area contributed by atoms with E-state index < -0.39 is 18.1 Å². The molecule has 0 spiro atoms. The standard InChI is InChI=1S/C25H28F3N3O4/c1-16(33)29-14-21-20(22-9-4-17(15-32)13-30-22)12-24(2,31-23(21)34)18-5-7-19(8-6-18)35-11-3-10-25(26,27)28/h4-9,13,32H,3,10-12,14-15H2,1-2H3,(H,29,33)(H,31,34)/t24-/m0/s1. The summed E-state index contributed by atoms with van der Waals surface area (Å²) in [5, 5.41) is 15.0. The maximum atomic E-state index is 13.1. The Morgan fingerprint density at radius 3 is 2.51 bits per heavy atom. The Kier molecular flexibility index (Phi) is 8.16. The van der Waals surface area contributed by atoms with Gasteiger partial charge in [0.25, 0.3) is 0 Å². The lowest BCUT2D eigenvalue weighted by Gasteiger charge is -2.37. The van der Waals surface area contributed by atoms with E-state index in [0.29, 0.717) is 34.6 Å².